The summed E-state index contributed by atoms with van der Waals surface area (Å²) in [6.45, 7) is 1.18. The molecule has 0 aliphatic carbocycles. The van der Waals surface area contributed by atoms with E-state index in [1.54, 1.807) is 6.92 Å². The molecule has 0 aromatic rings. The van der Waals surface area contributed by atoms with E-state index in [9.17, 15) is 8.78 Å². The van der Waals surface area contributed by atoms with E-state index in [0.717, 1.165) is 7.11 Å². The summed E-state index contributed by atoms with van der Waals surface area (Å²) in [6, 6.07) is -0.299. The van der Waals surface area contributed by atoms with Gasteiger partial charge in [0.05, 0.1) is 0 Å². The highest BCUT2D eigenvalue weighted by atomic mass is 19.3. The van der Waals surface area contributed by atoms with Gasteiger partial charge in [-0.2, -0.15) is 0 Å². The highest BCUT2D eigenvalue weighted by Gasteiger charge is 2.11. The average Bonchev–Trinajstić information content (AvgIpc) is 2.42. The smallest absolute Gasteiger partial charge is 0.257 e. The quantitative estimate of drug-likeness (QED) is 0.363. The first-order valence-electron chi connectivity index (χ1n) is 5.43. The SMILES string of the molecule is CC([NH+]=C/C(N)=C\N)C(/C=C\N)=NCC(F)F.CO. The molecule has 0 fully saturated rings. The molecule has 8 heteroatoms. The molecule has 0 saturated heterocycles. The van der Waals surface area contributed by atoms with Crippen molar-refractivity contribution in [1.82, 2.24) is 0 Å². The van der Waals surface area contributed by atoms with Crippen LogP contribution in [0.3, 0.4) is 0 Å². The maximum absolute atomic E-state index is 12.0. The molecule has 110 valence electrons. The first-order valence-corrected chi connectivity index (χ1v) is 5.43. The van der Waals surface area contributed by atoms with Crippen molar-refractivity contribution in [3.63, 3.8) is 0 Å². The third-order valence-electron chi connectivity index (χ3n) is 1.81. The van der Waals surface area contributed by atoms with E-state index in [-0.39, 0.29) is 6.04 Å². The van der Waals surface area contributed by atoms with E-state index in [1.807, 2.05) is 0 Å². The van der Waals surface area contributed by atoms with Crippen LogP contribution in [0.4, 0.5) is 8.78 Å². The summed E-state index contributed by atoms with van der Waals surface area (Å²) in [5.41, 5.74) is 16.6. The van der Waals surface area contributed by atoms with Gasteiger partial charge in [0.2, 0.25) is 0 Å². The van der Waals surface area contributed by atoms with E-state index in [4.69, 9.17) is 22.3 Å². The number of nitrogens with zero attached hydrogens (tertiary/aromatic N) is 1. The van der Waals surface area contributed by atoms with E-state index in [0.29, 0.717) is 11.4 Å². The second-order valence-electron chi connectivity index (χ2n) is 3.22. The fourth-order valence-electron chi connectivity index (χ4n) is 0.962. The number of allylic oxidation sites excluding steroid dienone is 1. The average molecular weight is 278 g/mol. The van der Waals surface area contributed by atoms with Gasteiger partial charge in [0.25, 0.3) is 6.43 Å². The van der Waals surface area contributed by atoms with Crippen LogP contribution in [0.25, 0.3) is 0 Å². The lowest BCUT2D eigenvalue weighted by atomic mass is 10.2. The number of hydrogen-bond donors (Lipinski definition) is 5. The highest BCUT2D eigenvalue weighted by molar-refractivity contribution is 5.98. The Kier molecular flexibility index (Phi) is 12.7. The molecule has 19 heavy (non-hydrogen) atoms. The fourth-order valence-corrected chi connectivity index (χ4v) is 0.962. The standard InChI is InChI=1S/C10H17F2N5.CH4O/c1-7(16-5-8(15)4-14)9(2-3-13)17-6-10(11)12;1-2/h2-5,7,10H,6,13-15H2,1H3;2H,1H3/p+1/b3-2-,8-4+,16-5?,17-9?;. The lowest BCUT2D eigenvalue weighted by Gasteiger charge is -2.02. The van der Waals surface area contributed by atoms with Crippen LogP contribution in [0.1, 0.15) is 6.92 Å². The summed E-state index contributed by atoms with van der Waals surface area (Å²) in [5, 5.41) is 7.00. The fraction of sp³-hybridized carbons (Fsp3) is 0.455. The topological polar surface area (TPSA) is 125 Å². The van der Waals surface area contributed by atoms with Gasteiger partial charge in [-0.25, -0.2) is 13.8 Å². The lowest BCUT2D eigenvalue weighted by Crippen LogP contribution is -2.78. The number of nitrogens with one attached hydrogen (secondary N) is 1. The summed E-state index contributed by atoms with van der Waals surface area (Å²) in [7, 11) is 1.00. The van der Waals surface area contributed by atoms with Gasteiger partial charge in [-0.1, -0.05) is 0 Å². The monoisotopic (exact) mass is 278 g/mol. The van der Waals surface area contributed by atoms with Crippen molar-refractivity contribution in [3.8, 4) is 0 Å². The predicted octanol–water partition coefficient (Wildman–Crippen LogP) is -1.93. The number of aliphatic hydroxyl groups is 1. The Labute approximate surface area is 111 Å². The van der Waals surface area contributed by atoms with Crippen molar-refractivity contribution >= 4 is 11.9 Å². The van der Waals surface area contributed by atoms with Crippen LogP contribution in [0, 0.1) is 0 Å². The third-order valence-corrected chi connectivity index (χ3v) is 1.81. The number of hydrogen-bond acceptors (Lipinski definition) is 5. The van der Waals surface area contributed by atoms with Crippen LogP contribution < -0.4 is 22.2 Å². The maximum atomic E-state index is 12.0. The van der Waals surface area contributed by atoms with Crippen LogP contribution >= 0.6 is 0 Å². The van der Waals surface area contributed by atoms with Gasteiger partial charge in [-0.3, -0.25) is 4.99 Å². The molecule has 0 aromatic heterocycles. The summed E-state index contributed by atoms with van der Waals surface area (Å²) >= 11 is 0. The van der Waals surface area contributed by atoms with Gasteiger partial charge < -0.3 is 22.3 Å². The highest BCUT2D eigenvalue weighted by Crippen LogP contribution is 1.94. The summed E-state index contributed by atoms with van der Waals surface area (Å²) in [5.74, 6) is 0. The number of nitrogens with two attached hydrogens (primary N) is 3. The second kappa shape index (κ2) is 12.5. The molecule has 0 radical (unpaired) electrons. The second-order valence-corrected chi connectivity index (χ2v) is 3.22. The van der Waals surface area contributed by atoms with Crippen molar-refractivity contribution in [2.75, 3.05) is 13.7 Å². The van der Waals surface area contributed by atoms with Crippen molar-refractivity contribution < 1.29 is 18.9 Å². The van der Waals surface area contributed by atoms with Gasteiger partial charge in [-0.15, -0.1) is 0 Å². The molecule has 0 saturated carbocycles. The Bertz CT molecular complexity index is 340. The van der Waals surface area contributed by atoms with Crippen LogP contribution in [-0.2, 0) is 0 Å². The third kappa shape index (κ3) is 10.9. The number of aliphatic imine (C=N–C) groups is 1. The minimum absolute atomic E-state index is 0.299. The summed E-state index contributed by atoms with van der Waals surface area (Å²) in [6.07, 6.45) is 2.89. The van der Waals surface area contributed by atoms with Gasteiger partial charge in [0.15, 0.2) is 12.3 Å². The Balaban J connectivity index is 0. The van der Waals surface area contributed by atoms with E-state index in [2.05, 4.69) is 9.98 Å². The van der Waals surface area contributed by atoms with Gasteiger partial charge in [-0.05, 0) is 12.3 Å². The molecular weight excluding hydrogens is 256 g/mol. The molecule has 6 nitrogen and oxygen atoms in total. The van der Waals surface area contributed by atoms with Crippen molar-refractivity contribution in [2.24, 2.45) is 22.2 Å². The maximum Gasteiger partial charge on any atom is 0.257 e. The molecule has 0 spiro atoms. The number of aliphatic hydroxyl groups excluding tert-OH is 1. The summed E-state index contributed by atoms with van der Waals surface area (Å²) in [4.78, 5) is 6.60. The zero-order valence-electron chi connectivity index (χ0n) is 11.1. The van der Waals surface area contributed by atoms with E-state index >= 15 is 0 Å². The predicted molar refractivity (Wildman–Crippen MR) is 72.7 cm³/mol. The van der Waals surface area contributed by atoms with Crippen molar-refractivity contribution in [2.45, 2.75) is 19.4 Å². The number of alkyl halides is 2. The van der Waals surface area contributed by atoms with Gasteiger partial charge in [0.1, 0.15) is 18.0 Å². The van der Waals surface area contributed by atoms with Crippen LogP contribution in [0.15, 0.2) is 29.2 Å². The van der Waals surface area contributed by atoms with E-state index in [1.165, 1.54) is 24.7 Å². The molecule has 0 rings (SSSR count). The Morgan fingerprint density at radius 3 is 2.37 bits per heavy atom. The van der Waals surface area contributed by atoms with Gasteiger partial charge in [0, 0.05) is 20.2 Å². The number of halogens is 2. The normalized spacial score (nSPS) is 14.8. The summed E-state index contributed by atoms with van der Waals surface area (Å²) < 4.78 is 24.1. The first kappa shape index (κ1) is 19.4. The van der Waals surface area contributed by atoms with Crippen LogP contribution in [-0.4, -0.2) is 43.2 Å². The Morgan fingerprint density at radius 1 is 1.37 bits per heavy atom. The lowest BCUT2D eigenvalue weighted by molar-refractivity contribution is -0.471. The van der Waals surface area contributed by atoms with Crippen LogP contribution in [0.2, 0.25) is 0 Å². The molecule has 0 aromatic carbocycles. The molecule has 1 unspecified atom stereocenters. The Hall–Kier alpha value is -1.96. The zero-order valence-corrected chi connectivity index (χ0v) is 11.1. The van der Waals surface area contributed by atoms with Crippen LogP contribution in [0.5, 0.6) is 0 Å². The minimum Gasteiger partial charge on any atom is -0.405 e. The van der Waals surface area contributed by atoms with E-state index < -0.39 is 13.0 Å². The molecule has 0 bridgehead atoms. The molecular formula is C11H22F2N5O+. The Morgan fingerprint density at radius 2 is 1.95 bits per heavy atom. The zero-order chi connectivity index (χ0) is 15.3. The molecule has 0 aliphatic rings. The first-order chi connectivity index (χ1) is 9.01. The minimum atomic E-state index is -2.48. The molecule has 0 amide bonds. The molecule has 8 N–H and O–H groups in total. The molecule has 0 aliphatic heterocycles. The van der Waals surface area contributed by atoms with Crippen molar-refractivity contribution in [1.29, 1.82) is 0 Å². The van der Waals surface area contributed by atoms with Gasteiger partial charge >= 0.3 is 0 Å². The largest absolute Gasteiger partial charge is 0.405 e. The molecule has 0 heterocycles. The van der Waals surface area contributed by atoms with Crippen molar-refractivity contribution in [3.05, 3.63) is 24.2 Å². The molecule has 1 atom stereocenters. The number of rotatable bonds is 6.